The summed E-state index contributed by atoms with van der Waals surface area (Å²) in [5.74, 6) is 0.952. The van der Waals surface area contributed by atoms with Crippen LogP contribution in [0.3, 0.4) is 0 Å². The third kappa shape index (κ3) is 2.98. The van der Waals surface area contributed by atoms with Crippen molar-refractivity contribution >= 4 is 0 Å². The van der Waals surface area contributed by atoms with E-state index < -0.39 is 6.17 Å². The highest BCUT2D eigenvalue weighted by Crippen LogP contribution is 2.41. The van der Waals surface area contributed by atoms with Crippen molar-refractivity contribution in [2.75, 3.05) is 7.11 Å². The Morgan fingerprint density at radius 2 is 1.82 bits per heavy atom. The minimum Gasteiger partial charge on any atom is -0.381 e. The summed E-state index contributed by atoms with van der Waals surface area (Å²) in [6.07, 6.45) is 5.98. The molecular formula is C14H22FNO. The van der Waals surface area contributed by atoms with E-state index in [0.29, 0.717) is 12.3 Å². The molecule has 2 rings (SSSR count). The molecule has 0 bridgehead atoms. The SMILES string of the molecule is COC1CCC(C2CCC(C#N)CC2)C(F)C1. The zero-order valence-corrected chi connectivity index (χ0v) is 10.6. The van der Waals surface area contributed by atoms with Crippen LogP contribution in [0.25, 0.3) is 0 Å². The fourth-order valence-electron chi connectivity index (χ4n) is 3.52. The number of rotatable bonds is 2. The summed E-state index contributed by atoms with van der Waals surface area (Å²) in [6.45, 7) is 0. The Labute approximate surface area is 103 Å². The van der Waals surface area contributed by atoms with Gasteiger partial charge in [-0.15, -0.1) is 0 Å². The van der Waals surface area contributed by atoms with Crippen LogP contribution in [0.2, 0.25) is 0 Å². The molecule has 3 heteroatoms. The molecule has 0 aromatic heterocycles. The first-order valence-electron chi connectivity index (χ1n) is 6.81. The Kier molecular flexibility index (Phi) is 4.39. The van der Waals surface area contributed by atoms with Crippen molar-refractivity contribution in [3.05, 3.63) is 0 Å². The average molecular weight is 239 g/mol. The maximum atomic E-state index is 14.1. The van der Waals surface area contributed by atoms with Gasteiger partial charge in [-0.05, 0) is 50.4 Å². The smallest absolute Gasteiger partial charge is 0.106 e. The number of ether oxygens (including phenoxy) is 1. The van der Waals surface area contributed by atoms with Gasteiger partial charge in [0.25, 0.3) is 0 Å². The lowest BCUT2D eigenvalue weighted by Crippen LogP contribution is -2.36. The van der Waals surface area contributed by atoms with Crippen molar-refractivity contribution in [1.82, 2.24) is 0 Å². The molecule has 17 heavy (non-hydrogen) atoms. The van der Waals surface area contributed by atoms with Crippen molar-refractivity contribution in [3.8, 4) is 6.07 Å². The molecule has 0 amide bonds. The quantitative estimate of drug-likeness (QED) is 0.739. The molecule has 0 radical (unpaired) electrons. The van der Waals surface area contributed by atoms with Crippen LogP contribution in [0.15, 0.2) is 0 Å². The van der Waals surface area contributed by atoms with Crippen LogP contribution < -0.4 is 0 Å². The summed E-state index contributed by atoms with van der Waals surface area (Å²) in [7, 11) is 1.68. The second-order valence-corrected chi connectivity index (χ2v) is 5.59. The molecule has 0 aromatic rings. The fraction of sp³-hybridized carbons (Fsp3) is 0.929. The van der Waals surface area contributed by atoms with Crippen LogP contribution >= 0.6 is 0 Å². The lowest BCUT2D eigenvalue weighted by atomic mass is 9.70. The van der Waals surface area contributed by atoms with Gasteiger partial charge < -0.3 is 4.74 Å². The fourth-order valence-corrected chi connectivity index (χ4v) is 3.52. The third-order valence-electron chi connectivity index (χ3n) is 4.67. The molecular weight excluding hydrogens is 217 g/mol. The zero-order chi connectivity index (χ0) is 12.3. The monoisotopic (exact) mass is 239 g/mol. The van der Waals surface area contributed by atoms with Crippen LogP contribution in [-0.4, -0.2) is 19.4 Å². The molecule has 2 saturated carbocycles. The van der Waals surface area contributed by atoms with Gasteiger partial charge in [0.1, 0.15) is 6.17 Å². The highest BCUT2D eigenvalue weighted by Gasteiger charge is 2.37. The maximum absolute atomic E-state index is 14.1. The van der Waals surface area contributed by atoms with E-state index in [1.807, 2.05) is 0 Å². The van der Waals surface area contributed by atoms with Crippen molar-refractivity contribution in [1.29, 1.82) is 5.26 Å². The highest BCUT2D eigenvalue weighted by atomic mass is 19.1. The normalized spacial score (nSPS) is 43.0. The van der Waals surface area contributed by atoms with Gasteiger partial charge >= 0.3 is 0 Å². The number of nitriles is 1. The number of nitrogens with zero attached hydrogens (tertiary/aromatic N) is 1. The molecule has 0 heterocycles. The molecule has 96 valence electrons. The second-order valence-electron chi connectivity index (χ2n) is 5.59. The van der Waals surface area contributed by atoms with E-state index in [1.165, 1.54) is 0 Å². The van der Waals surface area contributed by atoms with Crippen LogP contribution in [0.4, 0.5) is 4.39 Å². The van der Waals surface area contributed by atoms with E-state index in [9.17, 15) is 4.39 Å². The topological polar surface area (TPSA) is 33.0 Å². The molecule has 0 spiro atoms. The molecule has 0 aromatic carbocycles. The Balaban J connectivity index is 1.85. The van der Waals surface area contributed by atoms with E-state index in [4.69, 9.17) is 10.00 Å². The van der Waals surface area contributed by atoms with Crippen molar-refractivity contribution in [3.63, 3.8) is 0 Å². The number of halogens is 1. The van der Waals surface area contributed by atoms with E-state index in [-0.39, 0.29) is 17.9 Å². The Morgan fingerprint density at radius 1 is 1.12 bits per heavy atom. The number of hydrogen-bond donors (Lipinski definition) is 0. The van der Waals surface area contributed by atoms with Gasteiger partial charge in [-0.1, -0.05) is 0 Å². The number of methoxy groups -OCH3 is 1. The van der Waals surface area contributed by atoms with Crippen LogP contribution in [0.5, 0.6) is 0 Å². The van der Waals surface area contributed by atoms with E-state index in [0.717, 1.165) is 38.5 Å². The summed E-state index contributed by atoms with van der Waals surface area (Å²) in [4.78, 5) is 0. The molecule has 2 aliphatic rings. The van der Waals surface area contributed by atoms with E-state index >= 15 is 0 Å². The second kappa shape index (κ2) is 5.82. The predicted octanol–water partition coefficient (Wildman–Crippen LogP) is 3.47. The molecule has 2 aliphatic carbocycles. The first kappa shape index (κ1) is 12.8. The summed E-state index contributed by atoms with van der Waals surface area (Å²) < 4.78 is 19.4. The summed E-state index contributed by atoms with van der Waals surface area (Å²) >= 11 is 0. The van der Waals surface area contributed by atoms with Crippen molar-refractivity contribution in [2.24, 2.45) is 17.8 Å². The third-order valence-corrected chi connectivity index (χ3v) is 4.67. The van der Waals surface area contributed by atoms with Crippen molar-refractivity contribution in [2.45, 2.75) is 57.2 Å². The molecule has 0 saturated heterocycles. The maximum Gasteiger partial charge on any atom is 0.106 e. The largest absolute Gasteiger partial charge is 0.381 e. The Bertz CT molecular complexity index is 280. The van der Waals surface area contributed by atoms with E-state index in [1.54, 1.807) is 7.11 Å². The molecule has 2 fully saturated rings. The minimum absolute atomic E-state index is 0.122. The predicted molar refractivity (Wildman–Crippen MR) is 64.1 cm³/mol. The Hall–Kier alpha value is -0.620. The van der Waals surface area contributed by atoms with Gasteiger partial charge in [-0.2, -0.15) is 5.26 Å². The first-order valence-corrected chi connectivity index (χ1v) is 6.81. The highest BCUT2D eigenvalue weighted by molar-refractivity contribution is 4.92. The molecule has 3 unspecified atom stereocenters. The van der Waals surface area contributed by atoms with Gasteiger partial charge in [0.15, 0.2) is 0 Å². The van der Waals surface area contributed by atoms with Gasteiger partial charge in [0, 0.05) is 19.4 Å². The minimum atomic E-state index is -0.697. The lowest BCUT2D eigenvalue weighted by Gasteiger charge is -2.38. The Morgan fingerprint density at radius 3 is 2.35 bits per heavy atom. The lowest BCUT2D eigenvalue weighted by molar-refractivity contribution is -0.00706. The summed E-state index contributed by atoms with van der Waals surface area (Å²) in [5, 5.41) is 8.87. The van der Waals surface area contributed by atoms with Crippen LogP contribution in [-0.2, 0) is 4.74 Å². The average Bonchev–Trinajstić information content (AvgIpc) is 2.39. The van der Waals surface area contributed by atoms with Crippen LogP contribution in [0, 0.1) is 29.1 Å². The van der Waals surface area contributed by atoms with Gasteiger partial charge in [0.05, 0.1) is 12.2 Å². The standard InChI is InChI=1S/C14H22FNO/c1-17-12-6-7-13(14(15)8-12)11-4-2-10(9-16)3-5-11/h10-14H,2-8H2,1H3. The molecule has 3 atom stereocenters. The van der Waals surface area contributed by atoms with E-state index in [2.05, 4.69) is 6.07 Å². The number of alkyl halides is 1. The first-order chi connectivity index (χ1) is 8.24. The van der Waals surface area contributed by atoms with Gasteiger partial charge in [0.2, 0.25) is 0 Å². The van der Waals surface area contributed by atoms with Crippen LogP contribution in [0.1, 0.15) is 44.9 Å². The zero-order valence-electron chi connectivity index (χ0n) is 10.6. The van der Waals surface area contributed by atoms with Gasteiger partial charge in [-0.3, -0.25) is 0 Å². The molecule has 2 nitrogen and oxygen atoms in total. The molecule has 0 N–H and O–H groups in total. The summed E-state index contributed by atoms with van der Waals surface area (Å²) in [5.41, 5.74) is 0. The molecule has 0 aliphatic heterocycles. The number of hydrogen-bond acceptors (Lipinski definition) is 2. The summed E-state index contributed by atoms with van der Waals surface area (Å²) in [6, 6.07) is 2.34. The van der Waals surface area contributed by atoms with Crippen molar-refractivity contribution < 1.29 is 9.13 Å². The van der Waals surface area contributed by atoms with Gasteiger partial charge in [-0.25, -0.2) is 4.39 Å².